The Morgan fingerprint density at radius 3 is 2.27 bits per heavy atom. The molecule has 0 fully saturated rings. The minimum Gasteiger partial charge on any atom is -0.404 e. The van der Waals surface area contributed by atoms with Gasteiger partial charge in [0.1, 0.15) is 18.9 Å². The van der Waals surface area contributed by atoms with Crippen LogP contribution in [0.25, 0.3) is 0 Å². The third kappa shape index (κ3) is 11.0. The largest absolute Gasteiger partial charge is 0.527 e. The van der Waals surface area contributed by atoms with Crippen molar-refractivity contribution in [3.05, 3.63) is 29.8 Å². The average molecular weight is 386 g/mol. The lowest BCUT2D eigenvalue weighted by Gasteiger charge is -2.24. The minimum atomic E-state index is -4.09. The number of phosphoric acid groups is 1. The summed E-state index contributed by atoms with van der Waals surface area (Å²) in [5, 5.41) is 0. The van der Waals surface area contributed by atoms with Crippen LogP contribution in [0.4, 0.5) is 0 Å². The summed E-state index contributed by atoms with van der Waals surface area (Å²) in [5.41, 5.74) is 0.963. The lowest BCUT2D eigenvalue weighted by atomic mass is 10.0. The van der Waals surface area contributed by atoms with Crippen LogP contribution in [0.1, 0.15) is 57.4 Å². The van der Waals surface area contributed by atoms with Crippen LogP contribution in [0.2, 0.25) is 0 Å². The molecule has 1 aromatic rings. The Morgan fingerprint density at radius 2 is 1.62 bits per heavy atom. The number of hydrogen-bond donors (Lipinski definition) is 1. The first kappa shape index (κ1) is 23.2. The standard InChI is InChI=1S/C20H36NO4P/c1-5-6-7-8-9-10-11-14-19-15-12-13-16-20(19)25-26(22,23)24-18-17-21(2,3)4/h12-13,15-16H,5-11,14,17-18H2,1-4H3/p+1. The molecule has 0 spiro atoms. The van der Waals surface area contributed by atoms with E-state index in [1.54, 1.807) is 6.07 Å². The first-order valence-electron chi connectivity index (χ1n) is 9.79. The predicted octanol–water partition coefficient (Wildman–Crippen LogP) is 5.18. The van der Waals surface area contributed by atoms with Gasteiger partial charge in [0.05, 0.1) is 21.1 Å². The fourth-order valence-corrected chi connectivity index (χ4v) is 3.44. The average Bonchev–Trinajstić information content (AvgIpc) is 2.53. The lowest BCUT2D eigenvalue weighted by molar-refractivity contribution is -0.870. The van der Waals surface area contributed by atoms with E-state index in [-0.39, 0.29) is 6.61 Å². The van der Waals surface area contributed by atoms with Gasteiger partial charge in [-0.2, -0.15) is 0 Å². The Balaban J connectivity index is 2.45. The van der Waals surface area contributed by atoms with E-state index in [0.29, 0.717) is 16.8 Å². The minimum absolute atomic E-state index is 0.178. The summed E-state index contributed by atoms with van der Waals surface area (Å²) in [6.45, 7) is 3.04. The van der Waals surface area contributed by atoms with Crippen LogP contribution >= 0.6 is 7.82 Å². The van der Waals surface area contributed by atoms with Gasteiger partial charge in [-0.15, -0.1) is 0 Å². The summed E-state index contributed by atoms with van der Waals surface area (Å²) in [6, 6.07) is 7.44. The molecule has 0 saturated carbocycles. The highest BCUT2D eigenvalue weighted by molar-refractivity contribution is 7.47. The van der Waals surface area contributed by atoms with Crippen LogP contribution in [0.5, 0.6) is 5.75 Å². The molecule has 0 bridgehead atoms. The Morgan fingerprint density at radius 1 is 1.00 bits per heavy atom. The van der Waals surface area contributed by atoms with Crippen LogP contribution in [0.15, 0.2) is 24.3 Å². The van der Waals surface area contributed by atoms with Gasteiger partial charge < -0.3 is 9.01 Å². The molecule has 1 atom stereocenters. The molecule has 0 aromatic heterocycles. The summed E-state index contributed by atoms with van der Waals surface area (Å²) < 4.78 is 23.3. The molecule has 1 aromatic carbocycles. The van der Waals surface area contributed by atoms with Gasteiger partial charge >= 0.3 is 7.82 Å². The van der Waals surface area contributed by atoms with E-state index in [4.69, 9.17) is 9.05 Å². The summed E-state index contributed by atoms with van der Waals surface area (Å²) in [4.78, 5) is 9.99. The van der Waals surface area contributed by atoms with Gasteiger partial charge in [0, 0.05) is 0 Å². The molecule has 1 unspecified atom stereocenters. The third-order valence-corrected chi connectivity index (χ3v) is 5.19. The second-order valence-corrected chi connectivity index (χ2v) is 9.26. The number of aryl methyl sites for hydroxylation is 1. The monoisotopic (exact) mass is 386 g/mol. The molecule has 5 nitrogen and oxygen atoms in total. The van der Waals surface area contributed by atoms with Gasteiger partial charge in [-0.3, -0.25) is 9.42 Å². The maximum Gasteiger partial charge on any atom is 0.527 e. The molecule has 150 valence electrons. The molecule has 1 N–H and O–H groups in total. The summed E-state index contributed by atoms with van der Waals surface area (Å²) in [7, 11) is 1.92. The van der Waals surface area contributed by atoms with Crippen molar-refractivity contribution < 1.29 is 23.0 Å². The smallest absolute Gasteiger partial charge is 0.404 e. The van der Waals surface area contributed by atoms with E-state index in [9.17, 15) is 9.46 Å². The Kier molecular flexibility index (Phi) is 10.5. The number of hydrogen-bond acceptors (Lipinski definition) is 3. The molecule has 0 aliphatic carbocycles. The summed E-state index contributed by atoms with van der Waals surface area (Å²) >= 11 is 0. The zero-order valence-corrected chi connectivity index (χ0v) is 17.8. The number of rotatable bonds is 14. The molecule has 6 heteroatoms. The van der Waals surface area contributed by atoms with Crippen LogP contribution in [0, 0.1) is 0 Å². The van der Waals surface area contributed by atoms with Crippen LogP contribution < -0.4 is 4.52 Å². The van der Waals surface area contributed by atoms with Crippen molar-refractivity contribution in [3.8, 4) is 5.75 Å². The van der Waals surface area contributed by atoms with Crippen molar-refractivity contribution >= 4 is 7.82 Å². The summed E-state index contributed by atoms with van der Waals surface area (Å²) in [5.74, 6) is 0.453. The van der Waals surface area contributed by atoms with Gasteiger partial charge in [-0.25, -0.2) is 4.57 Å². The molecule has 0 aliphatic rings. The molecular weight excluding hydrogens is 349 g/mol. The zero-order chi connectivity index (χ0) is 19.5. The molecule has 0 saturated heterocycles. The molecule has 0 heterocycles. The fraction of sp³-hybridized carbons (Fsp3) is 0.700. The van der Waals surface area contributed by atoms with Gasteiger partial charge in [-0.05, 0) is 24.5 Å². The van der Waals surface area contributed by atoms with Crippen LogP contribution in [0.3, 0.4) is 0 Å². The van der Waals surface area contributed by atoms with E-state index < -0.39 is 7.82 Å². The molecular formula is C20H37NO4P+. The zero-order valence-electron chi connectivity index (χ0n) is 16.9. The Bertz CT molecular complexity index is 557. The van der Waals surface area contributed by atoms with Crippen LogP contribution in [-0.4, -0.2) is 43.7 Å². The Hall–Kier alpha value is -0.870. The Labute approximate surface area is 159 Å². The van der Waals surface area contributed by atoms with Crippen molar-refractivity contribution in [3.63, 3.8) is 0 Å². The van der Waals surface area contributed by atoms with E-state index in [2.05, 4.69) is 6.92 Å². The number of para-hydroxylation sites is 1. The summed E-state index contributed by atoms with van der Waals surface area (Å²) in [6.07, 6.45) is 9.52. The number of nitrogens with zero attached hydrogens (tertiary/aromatic N) is 1. The number of unbranched alkanes of at least 4 members (excludes halogenated alkanes) is 6. The SMILES string of the molecule is CCCCCCCCCc1ccccc1OP(=O)(O)OCC[N+](C)(C)C. The number of benzene rings is 1. The van der Waals surface area contributed by atoms with Crippen molar-refractivity contribution in [2.45, 2.75) is 58.3 Å². The number of quaternary nitrogens is 1. The normalized spacial score (nSPS) is 14.2. The van der Waals surface area contributed by atoms with Crippen molar-refractivity contribution in [2.75, 3.05) is 34.3 Å². The highest BCUT2D eigenvalue weighted by Gasteiger charge is 2.25. The number of phosphoric ester groups is 1. The topological polar surface area (TPSA) is 55.8 Å². The highest BCUT2D eigenvalue weighted by atomic mass is 31.2. The molecule has 1 rings (SSSR count). The van der Waals surface area contributed by atoms with Gasteiger partial charge in [0.25, 0.3) is 0 Å². The van der Waals surface area contributed by atoms with Crippen molar-refractivity contribution in [1.29, 1.82) is 0 Å². The fourth-order valence-electron chi connectivity index (χ4n) is 2.65. The first-order valence-corrected chi connectivity index (χ1v) is 11.3. The second-order valence-electron chi connectivity index (χ2n) is 7.89. The maximum atomic E-state index is 12.2. The van der Waals surface area contributed by atoms with Crippen molar-refractivity contribution in [1.82, 2.24) is 0 Å². The van der Waals surface area contributed by atoms with E-state index >= 15 is 0 Å². The quantitative estimate of drug-likeness (QED) is 0.272. The number of likely N-dealkylation sites (N-methyl/N-ethyl adjacent to an activating group) is 1. The molecule has 0 aliphatic heterocycles. The van der Waals surface area contributed by atoms with Crippen LogP contribution in [-0.2, 0) is 15.5 Å². The second kappa shape index (κ2) is 11.8. The predicted molar refractivity (Wildman–Crippen MR) is 107 cm³/mol. The van der Waals surface area contributed by atoms with E-state index in [1.165, 1.54) is 38.5 Å². The highest BCUT2D eigenvalue weighted by Crippen LogP contribution is 2.44. The van der Waals surface area contributed by atoms with Crippen molar-refractivity contribution in [2.24, 2.45) is 0 Å². The maximum absolute atomic E-state index is 12.2. The van der Waals surface area contributed by atoms with E-state index in [0.717, 1.165) is 18.4 Å². The van der Waals surface area contributed by atoms with Gasteiger partial charge in [0.15, 0.2) is 0 Å². The van der Waals surface area contributed by atoms with Gasteiger partial charge in [-0.1, -0.05) is 63.6 Å². The lowest BCUT2D eigenvalue weighted by Crippen LogP contribution is -2.37. The molecule has 26 heavy (non-hydrogen) atoms. The first-order chi connectivity index (χ1) is 12.2. The van der Waals surface area contributed by atoms with Gasteiger partial charge in [0.2, 0.25) is 0 Å². The molecule has 0 radical (unpaired) electrons. The third-order valence-electron chi connectivity index (χ3n) is 4.25. The van der Waals surface area contributed by atoms with E-state index in [1.807, 2.05) is 39.3 Å². The molecule has 0 amide bonds.